The predicted octanol–water partition coefficient (Wildman–Crippen LogP) is 0.0130. The molecule has 0 fully saturated rings. The van der Waals surface area contributed by atoms with E-state index in [1.165, 1.54) is 12.3 Å². The number of pyridine rings is 1. The Morgan fingerprint density at radius 1 is 1.64 bits per heavy atom. The van der Waals surface area contributed by atoms with Gasteiger partial charge in [0.25, 0.3) is 0 Å². The van der Waals surface area contributed by atoms with Gasteiger partial charge in [0.1, 0.15) is 0 Å². The molecule has 0 saturated heterocycles. The molecule has 0 aliphatic carbocycles. The minimum absolute atomic E-state index is 0.120. The quantitative estimate of drug-likeness (QED) is 0.230. The van der Waals surface area contributed by atoms with Crippen LogP contribution in [-0.4, -0.2) is 21.4 Å². The molecule has 1 aromatic heterocycles. The van der Waals surface area contributed by atoms with Crippen LogP contribution in [0.3, 0.4) is 0 Å². The number of rotatable bonds is 1. The van der Waals surface area contributed by atoms with Crippen LogP contribution in [0.2, 0.25) is 0 Å². The van der Waals surface area contributed by atoms with Crippen molar-refractivity contribution in [2.45, 2.75) is 0 Å². The fraction of sp³-hybridized carbons (Fsp3) is 0. The summed E-state index contributed by atoms with van der Waals surface area (Å²) in [7, 11) is 0. The maximum Gasteiger partial charge on any atom is 0.169 e. The Kier molecular flexibility index (Phi) is 1.91. The van der Waals surface area contributed by atoms with Crippen LogP contribution < -0.4 is 5.49 Å². The van der Waals surface area contributed by atoms with Crippen LogP contribution >= 0.6 is 0 Å². The van der Waals surface area contributed by atoms with Crippen molar-refractivity contribution in [3.05, 3.63) is 29.4 Å². The van der Waals surface area contributed by atoms with E-state index in [1.54, 1.807) is 6.07 Å². The van der Waals surface area contributed by atoms with E-state index in [-0.39, 0.29) is 5.49 Å². The van der Waals surface area contributed by atoms with Crippen LogP contribution in [0.4, 0.5) is 0 Å². The molecular formula is C6H7N3O2. The van der Waals surface area contributed by atoms with E-state index in [4.69, 9.17) is 15.8 Å². The second kappa shape index (κ2) is 2.87. The summed E-state index contributed by atoms with van der Waals surface area (Å²) in [6, 6.07) is 3.09. The van der Waals surface area contributed by atoms with E-state index in [1.807, 2.05) is 0 Å². The van der Waals surface area contributed by atoms with Crippen molar-refractivity contribution in [1.29, 1.82) is 5.41 Å². The third-order valence-electron chi connectivity index (χ3n) is 1.20. The molecule has 1 rings (SSSR count). The molecule has 5 heteroatoms. The van der Waals surface area contributed by atoms with Gasteiger partial charge < -0.3 is 10.4 Å². The van der Waals surface area contributed by atoms with Gasteiger partial charge in [0.15, 0.2) is 5.49 Å². The van der Waals surface area contributed by atoms with E-state index in [9.17, 15) is 0 Å². The molecule has 0 unspecified atom stereocenters. The number of nitrogens with one attached hydrogen (secondary N) is 1. The van der Waals surface area contributed by atoms with Crippen molar-refractivity contribution in [3.63, 3.8) is 0 Å². The van der Waals surface area contributed by atoms with Gasteiger partial charge >= 0.3 is 0 Å². The third kappa shape index (κ3) is 1.37. The van der Waals surface area contributed by atoms with Gasteiger partial charge in [0, 0.05) is 11.8 Å². The van der Waals surface area contributed by atoms with Crippen LogP contribution in [0.25, 0.3) is 0 Å². The molecule has 1 aromatic rings. The van der Waals surface area contributed by atoms with Crippen LogP contribution in [-0.2, 0) is 0 Å². The summed E-state index contributed by atoms with van der Waals surface area (Å²) in [6.45, 7) is 0. The Labute approximate surface area is 62.3 Å². The summed E-state index contributed by atoms with van der Waals surface area (Å²) in [6.07, 6.45) is 2.39. The maximum absolute atomic E-state index is 8.91. The first-order valence-electron chi connectivity index (χ1n) is 2.88. The maximum atomic E-state index is 8.91. The normalized spacial score (nSPS) is 10.5. The van der Waals surface area contributed by atoms with Gasteiger partial charge in [-0.3, -0.25) is 5.41 Å². The van der Waals surface area contributed by atoms with E-state index in [0.717, 1.165) is 6.21 Å². The zero-order valence-electron chi connectivity index (χ0n) is 5.60. The molecule has 0 aliphatic rings. The highest BCUT2D eigenvalue weighted by Crippen LogP contribution is 1.84. The van der Waals surface area contributed by atoms with Gasteiger partial charge in [0.2, 0.25) is 0 Å². The minimum Gasteiger partial charge on any atom is -0.427 e. The topological polar surface area (TPSA) is 81.6 Å². The Hall–Kier alpha value is -1.78. The second-order valence-corrected chi connectivity index (χ2v) is 1.90. The van der Waals surface area contributed by atoms with Crippen molar-refractivity contribution in [2.75, 3.05) is 0 Å². The van der Waals surface area contributed by atoms with E-state index in [0.29, 0.717) is 10.3 Å². The van der Waals surface area contributed by atoms with Gasteiger partial charge in [-0.15, -0.1) is 0 Å². The Morgan fingerprint density at radius 2 is 2.36 bits per heavy atom. The van der Waals surface area contributed by atoms with Gasteiger partial charge in [-0.25, -0.2) is 0 Å². The zero-order valence-corrected chi connectivity index (χ0v) is 5.60. The molecule has 58 valence electrons. The molecule has 1 heterocycles. The van der Waals surface area contributed by atoms with Crippen LogP contribution in [0.1, 0.15) is 5.56 Å². The first-order chi connectivity index (χ1) is 5.25. The standard InChI is InChI=1S/C6H7N3O2/c7-6-5(4-8-10)2-1-3-9(6)11/h1-4,7,10-11H/b7-6?,8-4+. The third-order valence-corrected chi connectivity index (χ3v) is 1.20. The summed E-state index contributed by atoms with van der Waals surface area (Å²) in [5.74, 6) is 0. The monoisotopic (exact) mass is 153 g/mol. The first-order valence-corrected chi connectivity index (χ1v) is 2.88. The smallest absolute Gasteiger partial charge is 0.169 e. The fourth-order valence-electron chi connectivity index (χ4n) is 0.680. The molecule has 0 aromatic carbocycles. The number of nitrogens with zero attached hydrogens (tertiary/aromatic N) is 2. The number of hydrogen-bond acceptors (Lipinski definition) is 4. The van der Waals surface area contributed by atoms with Gasteiger partial charge in [-0.1, -0.05) is 5.16 Å². The average molecular weight is 153 g/mol. The van der Waals surface area contributed by atoms with E-state index >= 15 is 0 Å². The summed E-state index contributed by atoms with van der Waals surface area (Å²) in [5.41, 5.74) is 0.225. The number of hydrogen-bond donors (Lipinski definition) is 3. The Bertz CT molecular complexity index is 329. The highest BCUT2D eigenvalue weighted by molar-refractivity contribution is 5.77. The van der Waals surface area contributed by atoms with Crippen molar-refractivity contribution in [2.24, 2.45) is 5.16 Å². The SMILES string of the molecule is N=c1c(/C=N/O)cccn1O. The largest absolute Gasteiger partial charge is 0.427 e. The lowest BCUT2D eigenvalue weighted by Gasteiger charge is -1.96. The summed E-state index contributed by atoms with van der Waals surface area (Å²) < 4.78 is 0.636. The number of aromatic nitrogens is 1. The average Bonchev–Trinajstić information content (AvgIpc) is 1.99. The molecule has 0 aliphatic heterocycles. The molecule has 3 N–H and O–H groups in total. The molecular weight excluding hydrogens is 146 g/mol. The Morgan fingerprint density at radius 3 is 3.00 bits per heavy atom. The van der Waals surface area contributed by atoms with E-state index < -0.39 is 0 Å². The van der Waals surface area contributed by atoms with Gasteiger partial charge in [0.05, 0.1) is 6.21 Å². The Balaban J connectivity index is 3.28. The lowest BCUT2D eigenvalue weighted by atomic mass is 10.3. The fourth-order valence-corrected chi connectivity index (χ4v) is 0.680. The van der Waals surface area contributed by atoms with E-state index in [2.05, 4.69) is 5.16 Å². The zero-order chi connectivity index (χ0) is 8.27. The highest BCUT2D eigenvalue weighted by Gasteiger charge is 1.93. The second-order valence-electron chi connectivity index (χ2n) is 1.90. The summed E-state index contributed by atoms with van der Waals surface area (Å²) in [5, 5.41) is 27.0. The summed E-state index contributed by atoms with van der Waals surface area (Å²) in [4.78, 5) is 0. The van der Waals surface area contributed by atoms with Crippen LogP contribution in [0.15, 0.2) is 23.5 Å². The van der Waals surface area contributed by atoms with Crippen molar-refractivity contribution < 1.29 is 10.4 Å². The minimum atomic E-state index is -0.120. The van der Waals surface area contributed by atoms with Gasteiger partial charge in [-0.2, -0.15) is 4.73 Å². The molecule has 0 atom stereocenters. The molecule has 0 bridgehead atoms. The molecule has 0 saturated carbocycles. The summed E-state index contributed by atoms with van der Waals surface area (Å²) >= 11 is 0. The molecule has 0 radical (unpaired) electrons. The number of oxime groups is 1. The van der Waals surface area contributed by atoms with Crippen LogP contribution in [0, 0.1) is 5.41 Å². The lowest BCUT2D eigenvalue weighted by molar-refractivity contribution is 0.170. The molecule has 11 heavy (non-hydrogen) atoms. The predicted molar refractivity (Wildman–Crippen MR) is 36.9 cm³/mol. The first kappa shape index (κ1) is 7.33. The molecule has 5 nitrogen and oxygen atoms in total. The van der Waals surface area contributed by atoms with Crippen LogP contribution in [0.5, 0.6) is 0 Å². The molecule has 0 amide bonds. The molecule has 0 spiro atoms. The van der Waals surface area contributed by atoms with Crippen molar-refractivity contribution in [1.82, 2.24) is 4.73 Å². The van der Waals surface area contributed by atoms with Gasteiger partial charge in [-0.05, 0) is 12.1 Å². The highest BCUT2D eigenvalue weighted by atomic mass is 16.5. The lowest BCUT2D eigenvalue weighted by Crippen LogP contribution is -2.20. The van der Waals surface area contributed by atoms with Crippen molar-refractivity contribution >= 4 is 6.21 Å². The van der Waals surface area contributed by atoms with Crippen molar-refractivity contribution in [3.8, 4) is 0 Å².